The highest BCUT2D eigenvalue weighted by Crippen LogP contribution is 2.26. The number of rotatable bonds is 5. The lowest BCUT2D eigenvalue weighted by atomic mass is 10.1. The Hall–Kier alpha value is -3.92. The molecule has 7 nitrogen and oxygen atoms in total. The molecule has 0 fully saturated rings. The van der Waals surface area contributed by atoms with Gasteiger partial charge in [-0.25, -0.2) is 9.48 Å². The maximum atomic E-state index is 12.8. The fourth-order valence-electron chi connectivity index (χ4n) is 3.60. The van der Waals surface area contributed by atoms with E-state index in [9.17, 15) is 14.9 Å². The predicted octanol–water partition coefficient (Wildman–Crippen LogP) is 4.33. The van der Waals surface area contributed by atoms with E-state index < -0.39 is 11.9 Å². The summed E-state index contributed by atoms with van der Waals surface area (Å²) >= 11 is 0. The third kappa shape index (κ3) is 4.19. The average Bonchev–Trinajstić information content (AvgIpc) is 3.22. The number of aromatic nitrogens is 3. The number of aryl methyl sites for hydroxylation is 3. The topological polar surface area (TPSA) is 89.9 Å². The van der Waals surface area contributed by atoms with Crippen LogP contribution in [0.15, 0.2) is 42.0 Å². The monoisotopic (exact) mass is 416 g/mol. The van der Waals surface area contributed by atoms with E-state index in [1.165, 1.54) is 4.68 Å². The summed E-state index contributed by atoms with van der Waals surface area (Å²) in [6, 6.07) is 12.8. The van der Waals surface area contributed by atoms with E-state index in [0.717, 1.165) is 11.4 Å². The van der Waals surface area contributed by atoms with Gasteiger partial charge in [0, 0.05) is 17.1 Å². The lowest BCUT2D eigenvalue weighted by molar-refractivity contribution is 0.0526. The summed E-state index contributed by atoms with van der Waals surface area (Å²) in [6.45, 7) is 9.39. The van der Waals surface area contributed by atoms with Crippen molar-refractivity contribution in [2.24, 2.45) is 0 Å². The third-order valence-electron chi connectivity index (χ3n) is 4.96. The Kier molecular flexibility index (Phi) is 6.21. The number of hydrogen-bond acceptors (Lipinski definition) is 5. The van der Waals surface area contributed by atoms with Crippen LogP contribution < -0.4 is 0 Å². The van der Waals surface area contributed by atoms with Gasteiger partial charge in [-0.15, -0.1) is 0 Å². The molecule has 0 radical (unpaired) electrons. The number of esters is 1. The minimum Gasteiger partial charge on any atom is -0.462 e. The number of nitrogens with zero attached hydrogens (tertiary/aromatic N) is 4. The number of nitriles is 1. The van der Waals surface area contributed by atoms with Crippen molar-refractivity contribution in [1.29, 1.82) is 5.26 Å². The zero-order valence-electron chi connectivity index (χ0n) is 18.3. The Morgan fingerprint density at radius 1 is 1.13 bits per heavy atom. The average molecular weight is 416 g/mol. The Morgan fingerprint density at radius 2 is 1.84 bits per heavy atom. The van der Waals surface area contributed by atoms with Gasteiger partial charge in [-0.2, -0.15) is 10.4 Å². The van der Waals surface area contributed by atoms with E-state index in [1.54, 1.807) is 45.0 Å². The quantitative estimate of drug-likeness (QED) is 0.351. The zero-order chi connectivity index (χ0) is 22.7. The van der Waals surface area contributed by atoms with E-state index >= 15 is 0 Å². The fourth-order valence-corrected chi connectivity index (χ4v) is 3.60. The van der Waals surface area contributed by atoms with Crippen LogP contribution in [0, 0.1) is 39.0 Å². The van der Waals surface area contributed by atoms with Gasteiger partial charge in [0.1, 0.15) is 11.6 Å². The second-order valence-electron chi connectivity index (χ2n) is 7.21. The largest absolute Gasteiger partial charge is 0.462 e. The Labute approximate surface area is 181 Å². The van der Waals surface area contributed by atoms with Crippen molar-refractivity contribution in [2.45, 2.75) is 34.6 Å². The highest BCUT2D eigenvalue weighted by molar-refractivity contribution is 6.03. The van der Waals surface area contributed by atoms with Crippen molar-refractivity contribution >= 4 is 18.0 Å². The smallest absolute Gasteiger partial charge is 0.340 e. The summed E-state index contributed by atoms with van der Waals surface area (Å²) in [4.78, 5) is 25.3. The standard InChI is InChI=1S/C24H24N4O3/c1-6-31-24(30)21-9-7-8-10-22(21)27-16(3)12-19(18(27)5)13-20(14-25)23(29)28-17(4)11-15(2)26-28/h7-13H,6H2,1-5H3/b20-13+. The minimum atomic E-state index is -0.482. The Morgan fingerprint density at radius 3 is 2.45 bits per heavy atom. The number of carbonyl (C=O) groups excluding carboxylic acids is 2. The van der Waals surface area contributed by atoms with Crippen molar-refractivity contribution in [3.63, 3.8) is 0 Å². The molecule has 0 aliphatic heterocycles. The first-order valence-corrected chi connectivity index (χ1v) is 9.93. The van der Waals surface area contributed by atoms with Crippen LogP contribution in [0.3, 0.4) is 0 Å². The molecule has 0 bridgehead atoms. The van der Waals surface area contributed by atoms with Gasteiger partial charge >= 0.3 is 5.97 Å². The molecule has 0 saturated heterocycles. The first kappa shape index (κ1) is 21.8. The molecule has 0 atom stereocenters. The fraction of sp³-hybridized carbons (Fsp3) is 0.250. The normalized spacial score (nSPS) is 11.3. The SMILES string of the molecule is CCOC(=O)c1ccccc1-n1c(C)cc(/C=C(\C#N)C(=O)n2nc(C)cc2C)c1C. The molecule has 0 spiro atoms. The number of ether oxygens (including phenoxy) is 1. The molecule has 0 aliphatic carbocycles. The number of hydrogen-bond donors (Lipinski definition) is 0. The van der Waals surface area contributed by atoms with Crippen LogP contribution in [0.5, 0.6) is 0 Å². The van der Waals surface area contributed by atoms with Crippen molar-refractivity contribution in [2.75, 3.05) is 6.61 Å². The molecule has 3 rings (SSSR count). The van der Waals surface area contributed by atoms with Gasteiger partial charge < -0.3 is 9.30 Å². The number of allylic oxidation sites excluding steroid dienone is 1. The summed E-state index contributed by atoms with van der Waals surface area (Å²) in [5.41, 5.74) is 4.83. The summed E-state index contributed by atoms with van der Waals surface area (Å²) in [7, 11) is 0. The molecule has 0 N–H and O–H groups in total. The molecule has 2 aromatic heterocycles. The van der Waals surface area contributed by atoms with Crippen LogP contribution in [0.4, 0.5) is 0 Å². The predicted molar refractivity (Wildman–Crippen MR) is 117 cm³/mol. The highest BCUT2D eigenvalue weighted by atomic mass is 16.5. The molecule has 7 heteroatoms. The molecular weight excluding hydrogens is 392 g/mol. The molecule has 31 heavy (non-hydrogen) atoms. The van der Waals surface area contributed by atoms with E-state index in [4.69, 9.17) is 4.74 Å². The van der Waals surface area contributed by atoms with Gasteiger partial charge in [0.2, 0.25) is 0 Å². The Bertz CT molecular complexity index is 1240. The van der Waals surface area contributed by atoms with Crippen LogP contribution >= 0.6 is 0 Å². The third-order valence-corrected chi connectivity index (χ3v) is 4.96. The maximum absolute atomic E-state index is 12.8. The first-order chi connectivity index (χ1) is 14.8. The molecule has 1 aromatic carbocycles. The summed E-state index contributed by atoms with van der Waals surface area (Å²) in [5.74, 6) is -0.884. The molecule has 2 heterocycles. The van der Waals surface area contributed by atoms with Gasteiger partial charge in [-0.3, -0.25) is 4.79 Å². The first-order valence-electron chi connectivity index (χ1n) is 9.93. The van der Waals surface area contributed by atoms with E-state index in [1.807, 2.05) is 42.7 Å². The number of para-hydroxylation sites is 1. The van der Waals surface area contributed by atoms with Crippen molar-refractivity contribution in [3.05, 3.63) is 75.9 Å². The van der Waals surface area contributed by atoms with Crippen LogP contribution in [-0.4, -0.2) is 32.8 Å². The highest BCUT2D eigenvalue weighted by Gasteiger charge is 2.20. The van der Waals surface area contributed by atoms with Gasteiger partial charge in [0.15, 0.2) is 0 Å². The summed E-state index contributed by atoms with van der Waals surface area (Å²) < 4.78 is 8.34. The zero-order valence-corrected chi connectivity index (χ0v) is 18.3. The second-order valence-corrected chi connectivity index (χ2v) is 7.21. The Balaban J connectivity index is 2.08. The number of carbonyl (C=O) groups is 2. The van der Waals surface area contributed by atoms with Gasteiger partial charge in [-0.1, -0.05) is 12.1 Å². The van der Waals surface area contributed by atoms with E-state index in [2.05, 4.69) is 5.10 Å². The van der Waals surface area contributed by atoms with Crippen molar-refractivity contribution in [1.82, 2.24) is 14.3 Å². The van der Waals surface area contributed by atoms with Gasteiger partial charge in [-0.05, 0) is 70.5 Å². The minimum absolute atomic E-state index is 0.0230. The molecule has 0 saturated carbocycles. The van der Waals surface area contributed by atoms with E-state index in [-0.39, 0.29) is 12.2 Å². The second kappa shape index (κ2) is 8.84. The lowest BCUT2D eigenvalue weighted by Crippen LogP contribution is -2.15. The lowest BCUT2D eigenvalue weighted by Gasteiger charge is -2.14. The number of benzene rings is 1. The van der Waals surface area contributed by atoms with Crippen LogP contribution in [0.2, 0.25) is 0 Å². The van der Waals surface area contributed by atoms with Crippen molar-refractivity contribution in [3.8, 4) is 11.8 Å². The molecular formula is C24H24N4O3. The summed E-state index contributed by atoms with van der Waals surface area (Å²) in [5, 5.41) is 13.8. The van der Waals surface area contributed by atoms with Gasteiger partial charge in [0.05, 0.1) is 23.6 Å². The van der Waals surface area contributed by atoms with E-state index in [0.29, 0.717) is 28.2 Å². The molecule has 0 aliphatic rings. The maximum Gasteiger partial charge on any atom is 0.340 e. The van der Waals surface area contributed by atoms with Gasteiger partial charge in [0.25, 0.3) is 5.91 Å². The van der Waals surface area contributed by atoms with Crippen LogP contribution in [0.1, 0.15) is 50.4 Å². The molecule has 0 amide bonds. The molecule has 3 aromatic rings. The molecule has 158 valence electrons. The van der Waals surface area contributed by atoms with Crippen LogP contribution in [0.25, 0.3) is 11.8 Å². The van der Waals surface area contributed by atoms with Crippen molar-refractivity contribution < 1.29 is 14.3 Å². The molecule has 0 unspecified atom stereocenters. The summed E-state index contributed by atoms with van der Waals surface area (Å²) in [6.07, 6.45) is 1.56. The van der Waals surface area contributed by atoms with Crippen LogP contribution in [-0.2, 0) is 4.74 Å².